The van der Waals surface area contributed by atoms with Gasteiger partial charge in [-0.05, 0) is 24.3 Å². The number of hydrogen-bond donors (Lipinski definition) is 0. The van der Waals surface area contributed by atoms with Crippen LogP contribution in [0, 0.1) is 11.6 Å². The molecule has 0 heterocycles. The van der Waals surface area contributed by atoms with E-state index in [-0.39, 0.29) is 11.3 Å². The van der Waals surface area contributed by atoms with Crippen molar-refractivity contribution in [2.45, 2.75) is 4.90 Å². The minimum Gasteiger partial charge on any atom is -0.465 e. The lowest BCUT2D eigenvalue weighted by Crippen LogP contribution is -2.14. The molecule has 0 amide bonds. The third-order valence-corrected chi connectivity index (χ3v) is 3.92. The molecule has 0 bridgehead atoms. The Morgan fingerprint density at radius 2 is 1.77 bits per heavy atom. The van der Waals surface area contributed by atoms with Crippen LogP contribution in [-0.2, 0) is 14.9 Å². The van der Waals surface area contributed by atoms with Gasteiger partial charge in [-0.3, -0.25) is 0 Å². The fourth-order valence-electron chi connectivity index (χ4n) is 1.66. The molecule has 2 aromatic carbocycles. The lowest BCUT2D eigenvalue weighted by molar-refractivity contribution is 0.0599. The van der Waals surface area contributed by atoms with Crippen molar-refractivity contribution in [2.24, 2.45) is 0 Å². The van der Waals surface area contributed by atoms with Gasteiger partial charge in [0.15, 0.2) is 5.75 Å². The van der Waals surface area contributed by atoms with Crippen LogP contribution >= 0.6 is 0 Å². The summed E-state index contributed by atoms with van der Waals surface area (Å²) in [4.78, 5) is 10.7. The van der Waals surface area contributed by atoms with E-state index >= 15 is 0 Å². The molecule has 5 nitrogen and oxygen atoms in total. The highest BCUT2D eigenvalue weighted by molar-refractivity contribution is 7.87. The van der Waals surface area contributed by atoms with Gasteiger partial charge in [-0.25, -0.2) is 13.6 Å². The molecule has 0 fully saturated rings. The van der Waals surface area contributed by atoms with Gasteiger partial charge < -0.3 is 8.92 Å². The summed E-state index contributed by atoms with van der Waals surface area (Å²) in [6, 6.07) is 7.35. The smallest absolute Gasteiger partial charge is 0.342 e. The molecule has 0 aromatic heterocycles. The molecular formula is C14H10F2O5S. The highest BCUT2D eigenvalue weighted by Gasteiger charge is 2.24. The van der Waals surface area contributed by atoms with Gasteiger partial charge in [0, 0.05) is 6.07 Å². The van der Waals surface area contributed by atoms with Gasteiger partial charge in [-0.15, -0.1) is 0 Å². The van der Waals surface area contributed by atoms with E-state index in [0.29, 0.717) is 6.07 Å². The van der Waals surface area contributed by atoms with Crippen LogP contribution in [0.25, 0.3) is 0 Å². The van der Waals surface area contributed by atoms with E-state index in [1.165, 1.54) is 24.3 Å². The van der Waals surface area contributed by atoms with Crippen LogP contribution in [0.4, 0.5) is 8.78 Å². The average Bonchev–Trinajstić information content (AvgIpc) is 2.46. The minimum atomic E-state index is -4.57. The maximum Gasteiger partial charge on any atom is 0.342 e. The Morgan fingerprint density at radius 1 is 1.09 bits per heavy atom. The number of ether oxygens (including phenoxy) is 1. The van der Waals surface area contributed by atoms with E-state index in [4.69, 9.17) is 4.18 Å². The largest absolute Gasteiger partial charge is 0.465 e. The van der Waals surface area contributed by atoms with Gasteiger partial charge in [0.25, 0.3) is 0 Å². The zero-order valence-electron chi connectivity index (χ0n) is 11.2. The monoisotopic (exact) mass is 328 g/mol. The highest BCUT2D eigenvalue weighted by atomic mass is 32.2. The molecule has 0 saturated heterocycles. The standard InChI is InChI=1S/C14H10F2O5S/c1-20-14(17)10-4-2-3-5-12(10)21-22(18,19)13-7-6-9(15)8-11(13)16/h2-8H,1H3. The molecule has 0 atom stereocenters. The topological polar surface area (TPSA) is 69.7 Å². The number of esters is 1. The van der Waals surface area contributed by atoms with Crippen molar-refractivity contribution < 1.29 is 30.9 Å². The summed E-state index contributed by atoms with van der Waals surface area (Å²) in [5.41, 5.74) is -0.143. The summed E-state index contributed by atoms with van der Waals surface area (Å²) in [6.07, 6.45) is 0. The summed E-state index contributed by atoms with van der Waals surface area (Å²) < 4.78 is 59.8. The second kappa shape index (κ2) is 6.10. The average molecular weight is 328 g/mol. The van der Waals surface area contributed by atoms with Gasteiger partial charge in [0.1, 0.15) is 22.1 Å². The van der Waals surface area contributed by atoms with Gasteiger partial charge in [-0.2, -0.15) is 8.42 Å². The minimum absolute atomic E-state index is 0.143. The first kappa shape index (κ1) is 15.9. The van der Waals surface area contributed by atoms with Crippen LogP contribution in [0.2, 0.25) is 0 Å². The van der Waals surface area contributed by atoms with Crippen molar-refractivity contribution in [1.82, 2.24) is 0 Å². The fraction of sp³-hybridized carbons (Fsp3) is 0.0714. The van der Waals surface area contributed by atoms with Crippen molar-refractivity contribution in [1.29, 1.82) is 0 Å². The first-order valence-corrected chi connectivity index (χ1v) is 7.33. The number of carbonyl (C=O) groups is 1. The molecule has 0 saturated carbocycles. The van der Waals surface area contributed by atoms with Gasteiger partial charge in [0.2, 0.25) is 0 Å². The van der Waals surface area contributed by atoms with E-state index in [0.717, 1.165) is 19.2 Å². The van der Waals surface area contributed by atoms with Crippen LogP contribution in [0.5, 0.6) is 5.75 Å². The van der Waals surface area contributed by atoms with Gasteiger partial charge in [-0.1, -0.05) is 12.1 Å². The molecule has 8 heteroatoms. The van der Waals surface area contributed by atoms with E-state index in [1.54, 1.807) is 0 Å². The Kier molecular flexibility index (Phi) is 4.41. The van der Waals surface area contributed by atoms with Crippen molar-refractivity contribution in [3.63, 3.8) is 0 Å². The summed E-state index contributed by atoms with van der Waals surface area (Å²) in [7, 11) is -3.46. The van der Waals surface area contributed by atoms with Gasteiger partial charge >= 0.3 is 16.1 Å². The zero-order chi connectivity index (χ0) is 16.3. The summed E-state index contributed by atoms with van der Waals surface area (Å²) in [5, 5.41) is 0. The Balaban J connectivity index is 2.44. The first-order valence-electron chi connectivity index (χ1n) is 5.92. The number of para-hydroxylation sites is 1. The third-order valence-electron chi connectivity index (χ3n) is 2.66. The summed E-state index contributed by atoms with van der Waals surface area (Å²) >= 11 is 0. The van der Waals surface area contributed by atoms with Crippen LogP contribution < -0.4 is 4.18 Å². The van der Waals surface area contributed by atoms with E-state index < -0.39 is 32.6 Å². The lowest BCUT2D eigenvalue weighted by atomic mass is 10.2. The Hall–Kier alpha value is -2.48. The zero-order valence-corrected chi connectivity index (χ0v) is 12.1. The predicted molar refractivity (Wildman–Crippen MR) is 72.0 cm³/mol. The molecule has 0 N–H and O–H groups in total. The molecule has 0 aliphatic rings. The van der Waals surface area contributed by atoms with E-state index in [1.807, 2.05) is 0 Å². The lowest BCUT2D eigenvalue weighted by Gasteiger charge is -2.10. The second-order valence-corrected chi connectivity index (χ2v) is 5.61. The Morgan fingerprint density at radius 3 is 2.41 bits per heavy atom. The van der Waals surface area contributed by atoms with Crippen LogP contribution in [0.1, 0.15) is 10.4 Å². The number of carbonyl (C=O) groups excluding carboxylic acids is 1. The van der Waals surface area contributed by atoms with E-state index in [2.05, 4.69) is 4.74 Å². The molecule has 0 aliphatic carbocycles. The van der Waals surface area contributed by atoms with Crippen LogP contribution in [0.15, 0.2) is 47.4 Å². The van der Waals surface area contributed by atoms with Gasteiger partial charge in [0.05, 0.1) is 7.11 Å². The Bertz CT molecular complexity index is 818. The number of hydrogen-bond acceptors (Lipinski definition) is 5. The fourth-order valence-corrected chi connectivity index (χ4v) is 2.66. The number of methoxy groups -OCH3 is 1. The van der Waals surface area contributed by atoms with Crippen LogP contribution in [-0.4, -0.2) is 21.5 Å². The first-order chi connectivity index (χ1) is 10.3. The summed E-state index contributed by atoms with van der Waals surface area (Å²) in [6.45, 7) is 0. The second-order valence-electron chi connectivity index (χ2n) is 4.10. The maximum absolute atomic E-state index is 13.6. The molecule has 0 unspecified atom stereocenters. The normalized spacial score (nSPS) is 11.0. The molecule has 0 spiro atoms. The van der Waals surface area contributed by atoms with Crippen molar-refractivity contribution >= 4 is 16.1 Å². The van der Waals surface area contributed by atoms with Crippen LogP contribution in [0.3, 0.4) is 0 Å². The van der Waals surface area contributed by atoms with Crippen molar-refractivity contribution in [3.8, 4) is 5.75 Å². The molecular weight excluding hydrogens is 318 g/mol. The van der Waals surface area contributed by atoms with E-state index in [9.17, 15) is 22.0 Å². The maximum atomic E-state index is 13.6. The van der Waals surface area contributed by atoms with Crippen molar-refractivity contribution in [2.75, 3.05) is 7.11 Å². The highest BCUT2D eigenvalue weighted by Crippen LogP contribution is 2.25. The molecule has 116 valence electrons. The van der Waals surface area contributed by atoms with Crippen molar-refractivity contribution in [3.05, 3.63) is 59.7 Å². The predicted octanol–water partition coefficient (Wildman–Crippen LogP) is 2.52. The Labute approximate surface area is 125 Å². The molecule has 2 aromatic rings. The number of halogens is 2. The quantitative estimate of drug-likeness (QED) is 0.637. The molecule has 2 rings (SSSR count). The molecule has 22 heavy (non-hydrogen) atoms. The third kappa shape index (κ3) is 3.22. The molecule has 0 aliphatic heterocycles. The molecule has 0 radical (unpaired) electrons. The SMILES string of the molecule is COC(=O)c1ccccc1OS(=O)(=O)c1ccc(F)cc1F. The number of rotatable bonds is 4. The number of benzene rings is 2. The summed E-state index contributed by atoms with van der Waals surface area (Å²) in [5.74, 6) is -3.36.